The highest BCUT2D eigenvalue weighted by molar-refractivity contribution is 9.10. The van der Waals surface area contributed by atoms with E-state index in [1.807, 2.05) is 0 Å². The van der Waals surface area contributed by atoms with Crippen LogP contribution in [-0.2, 0) is 4.74 Å². The van der Waals surface area contributed by atoms with Gasteiger partial charge in [-0.25, -0.2) is 9.78 Å². The summed E-state index contributed by atoms with van der Waals surface area (Å²) < 4.78 is 7.13. The molecular weight excluding hydrogens is 248 g/mol. The van der Waals surface area contributed by atoms with Crippen LogP contribution in [0.3, 0.4) is 0 Å². The van der Waals surface area contributed by atoms with Crippen molar-refractivity contribution in [1.29, 1.82) is 0 Å². The minimum atomic E-state index is -0.370. The summed E-state index contributed by atoms with van der Waals surface area (Å²) in [7, 11) is 1.35. The quantitative estimate of drug-likeness (QED) is 0.731. The summed E-state index contributed by atoms with van der Waals surface area (Å²) in [4.78, 5) is 15.4. The lowest BCUT2D eigenvalue weighted by Crippen LogP contribution is -2.05. The second-order valence-corrected chi connectivity index (χ2v) is 3.63. The van der Waals surface area contributed by atoms with E-state index in [-0.39, 0.29) is 5.97 Å². The standard InChI is InChI=1S/C9H7BrN2O2/c1-14-9(13)7-2-3-8-11-4-6(10)5-12(7)8/h2-5H,1H3. The maximum atomic E-state index is 11.3. The first kappa shape index (κ1) is 9.21. The normalized spacial score (nSPS) is 10.4. The van der Waals surface area contributed by atoms with E-state index in [1.54, 1.807) is 28.9 Å². The maximum absolute atomic E-state index is 11.3. The van der Waals surface area contributed by atoms with Crippen LogP contribution in [0.4, 0.5) is 0 Å². The molecule has 0 bridgehead atoms. The minimum Gasteiger partial charge on any atom is -0.464 e. The molecule has 0 spiro atoms. The fraction of sp³-hybridized carbons (Fsp3) is 0.111. The lowest BCUT2D eigenvalue weighted by atomic mass is 10.4. The number of aromatic nitrogens is 2. The van der Waals surface area contributed by atoms with E-state index in [1.165, 1.54) is 7.11 Å². The molecule has 72 valence electrons. The zero-order valence-corrected chi connectivity index (χ0v) is 8.98. The highest BCUT2D eigenvalue weighted by Crippen LogP contribution is 2.13. The van der Waals surface area contributed by atoms with Gasteiger partial charge in [-0.1, -0.05) is 0 Å². The molecule has 2 heterocycles. The fourth-order valence-corrected chi connectivity index (χ4v) is 1.54. The van der Waals surface area contributed by atoms with Crippen molar-refractivity contribution in [3.63, 3.8) is 0 Å². The van der Waals surface area contributed by atoms with Crippen LogP contribution >= 0.6 is 15.9 Å². The number of esters is 1. The molecule has 0 atom stereocenters. The van der Waals surface area contributed by atoms with E-state index in [2.05, 4.69) is 25.7 Å². The Bertz CT molecular complexity index is 493. The van der Waals surface area contributed by atoms with Crippen LogP contribution in [0.2, 0.25) is 0 Å². The summed E-state index contributed by atoms with van der Waals surface area (Å²) in [5.74, 6) is -0.370. The van der Waals surface area contributed by atoms with Crippen LogP contribution in [0, 0.1) is 0 Å². The summed E-state index contributed by atoms with van der Waals surface area (Å²) in [6.07, 6.45) is 3.45. The van der Waals surface area contributed by atoms with Crippen molar-refractivity contribution in [2.75, 3.05) is 7.11 Å². The van der Waals surface area contributed by atoms with Gasteiger partial charge in [-0.3, -0.25) is 4.40 Å². The highest BCUT2D eigenvalue weighted by atomic mass is 79.9. The van der Waals surface area contributed by atoms with E-state index in [4.69, 9.17) is 0 Å². The molecule has 0 aromatic carbocycles. The van der Waals surface area contributed by atoms with Gasteiger partial charge in [-0.05, 0) is 28.1 Å². The highest BCUT2D eigenvalue weighted by Gasteiger charge is 2.10. The first-order chi connectivity index (χ1) is 6.72. The predicted octanol–water partition coefficient (Wildman–Crippen LogP) is 1.88. The number of ether oxygens (including phenoxy) is 1. The van der Waals surface area contributed by atoms with Crippen molar-refractivity contribution < 1.29 is 9.53 Å². The van der Waals surface area contributed by atoms with Crippen LogP contribution in [0.5, 0.6) is 0 Å². The van der Waals surface area contributed by atoms with Crippen molar-refractivity contribution in [2.24, 2.45) is 0 Å². The van der Waals surface area contributed by atoms with Crippen molar-refractivity contribution in [3.8, 4) is 0 Å². The van der Waals surface area contributed by atoms with Gasteiger partial charge >= 0.3 is 5.97 Å². The molecular formula is C9H7BrN2O2. The first-order valence-electron chi connectivity index (χ1n) is 3.93. The molecule has 14 heavy (non-hydrogen) atoms. The van der Waals surface area contributed by atoms with Crippen LogP contribution in [-0.4, -0.2) is 22.5 Å². The van der Waals surface area contributed by atoms with Gasteiger partial charge in [-0.15, -0.1) is 0 Å². The third-order valence-electron chi connectivity index (χ3n) is 1.86. The molecule has 0 aliphatic carbocycles. The Labute approximate surface area is 88.6 Å². The third-order valence-corrected chi connectivity index (χ3v) is 2.27. The Morgan fingerprint density at radius 1 is 1.57 bits per heavy atom. The van der Waals surface area contributed by atoms with Crippen LogP contribution in [0.15, 0.2) is 29.0 Å². The molecule has 0 aliphatic rings. The Balaban J connectivity index is 2.67. The van der Waals surface area contributed by atoms with Gasteiger partial charge in [0, 0.05) is 12.4 Å². The molecule has 0 radical (unpaired) electrons. The predicted molar refractivity (Wildman–Crippen MR) is 54.2 cm³/mol. The van der Waals surface area contributed by atoms with Crippen LogP contribution in [0.1, 0.15) is 10.5 Å². The Morgan fingerprint density at radius 3 is 3.07 bits per heavy atom. The number of carbonyl (C=O) groups excluding carboxylic acids is 1. The Morgan fingerprint density at radius 2 is 2.36 bits per heavy atom. The van der Waals surface area contributed by atoms with E-state index in [0.29, 0.717) is 11.3 Å². The number of fused-ring (bicyclic) bond motifs is 1. The van der Waals surface area contributed by atoms with Crippen LogP contribution < -0.4 is 0 Å². The average molecular weight is 255 g/mol. The first-order valence-corrected chi connectivity index (χ1v) is 4.72. The maximum Gasteiger partial charge on any atom is 0.355 e. The van der Waals surface area contributed by atoms with Crippen molar-refractivity contribution >= 4 is 27.5 Å². The summed E-state index contributed by atoms with van der Waals surface area (Å²) in [5.41, 5.74) is 1.19. The molecule has 0 N–H and O–H groups in total. The lowest BCUT2D eigenvalue weighted by Gasteiger charge is -2.00. The summed E-state index contributed by atoms with van der Waals surface area (Å²) in [5, 5.41) is 0. The number of halogens is 1. The molecule has 0 aliphatic heterocycles. The minimum absolute atomic E-state index is 0.370. The lowest BCUT2D eigenvalue weighted by molar-refractivity contribution is 0.0593. The molecule has 5 heteroatoms. The SMILES string of the molecule is COC(=O)c1ccc2ncc(Br)cn12. The van der Waals surface area contributed by atoms with E-state index in [9.17, 15) is 4.79 Å². The van der Waals surface area contributed by atoms with Crippen molar-refractivity contribution in [2.45, 2.75) is 0 Å². The van der Waals surface area contributed by atoms with Gasteiger partial charge in [-0.2, -0.15) is 0 Å². The zero-order valence-electron chi connectivity index (χ0n) is 7.40. The van der Waals surface area contributed by atoms with E-state index in [0.717, 1.165) is 4.47 Å². The fourth-order valence-electron chi connectivity index (χ4n) is 1.23. The van der Waals surface area contributed by atoms with Gasteiger partial charge in [0.2, 0.25) is 0 Å². The molecule has 0 saturated heterocycles. The number of nitrogens with zero attached hydrogens (tertiary/aromatic N) is 2. The number of rotatable bonds is 1. The number of hydrogen-bond acceptors (Lipinski definition) is 3. The van der Waals surface area contributed by atoms with Gasteiger partial charge in [0.15, 0.2) is 0 Å². The molecule has 2 rings (SSSR count). The monoisotopic (exact) mass is 254 g/mol. The van der Waals surface area contributed by atoms with Gasteiger partial charge in [0.1, 0.15) is 11.3 Å². The second-order valence-electron chi connectivity index (χ2n) is 2.71. The Hall–Kier alpha value is -1.36. The Kier molecular flexibility index (Phi) is 2.25. The van der Waals surface area contributed by atoms with Crippen molar-refractivity contribution in [3.05, 3.63) is 34.7 Å². The van der Waals surface area contributed by atoms with E-state index < -0.39 is 0 Å². The molecule has 0 saturated carbocycles. The smallest absolute Gasteiger partial charge is 0.355 e. The number of carbonyl (C=O) groups is 1. The van der Waals surface area contributed by atoms with Crippen molar-refractivity contribution in [1.82, 2.24) is 9.38 Å². The average Bonchev–Trinajstić information content (AvgIpc) is 2.59. The van der Waals surface area contributed by atoms with Gasteiger partial charge in [0.25, 0.3) is 0 Å². The molecule has 4 nitrogen and oxygen atoms in total. The number of methoxy groups -OCH3 is 1. The summed E-state index contributed by atoms with van der Waals surface area (Å²) >= 11 is 3.29. The largest absolute Gasteiger partial charge is 0.464 e. The molecule has 2 aromatic heterocycles. The number of hydrogen-bond donors (Lipinski definition) is 0. The third kappa shape index (κ3) is 1.39. The zero-order chi connectivity index (χ0) is 10.1. The summed E-state index contributed by atoms with van der Waals surface area (Å²) in [6, 6.07) is 3.44. The van der Waals surface area contributed by atoms with E-state index >= 15 is 0 Å². The second kappa shape index (κ2) is 3.42. The molecule has 0 amide bonds. The topological polar surface area (TPSA) is 43.6 Å². The molecule has 2 aromatic rings. The molecule has 0 unspecified atom stereocenters. The van der Waals surface area contributed by atoms with Gasteiger partial charge in [0.05, 0.1) is 11.6 Å². The summed E-state index contributed by atoms with van der Waals surface area (Å²) in [6.45, 7) is 0. The van der Waals surface area contributed by atoms with Gasteiger partial charge < -0.3 is 4.74 Å². The molecule has 0 fully saturated rings. The van der Waals surface area contributed by atoms with Crippen LogP contribution in [0.25, 0.3) is 5.65 Å².